The van der Waals surface area contributed by atoms with Crippen LogP contribution in [0.25, 0.3) is 11.3 Å². The zero-order valence-electron chi connectivity index (χ0n) is 15.0. The molecule has 0 aliphatic carbocycles. The Labute approximate surface area is 156 Å². The molecule has 26 heavy (non-hydrogen) atoms. The number of benzene rings is 1. The van der Waals surface area contributed by atoms with Gasteiger partial charge in [-0.2, -0.15) is 0 Å². The number of hydrogen-bond acceptors (Lipinski definition) is 5. The molecule has 2 amide bonds. The molecule has 0 saturated heterocycles. The van der Waals surface area contributed by atoms with E-state index >= 15 is 0 Å². The van der Waals surface area contributed by atoms with E-state index in [1.807, 2.05) is 39.0 Å². The van der Waals surface area contributed by atoms with Crippen LogP contribution < -0.4 is 15.0 Å². The van der Waals surface area contributed by atoms with E-state index in [4.69, 9.17) is 4.74 Å². The molecule has 0 bridgehead atoms. The molecule has 0 spiro atoms. The van der Waals surface area contributed by atoms with Gasteiger partial charge in [0.15, 0.2) is 11.7 Å². The minimum absolute atomic E-state index is 0.0291. The maximum atomic E-state index is 12.1. The first kappa shape index (κ1) is 18.1. The number of rotatable bonds is 5. The zero-order chi connectivity index (χ0) is 18.8. The topological polar surface area (TPSA) is 71.5 Å². The molecule has 0 atom stereocenters. The molecule has 1 N–H and O–H groups in total. The van der Waals surface area contributed by atoms with Crippen LogP contribution in [-0.2, 0) is 9.59 Å². The number of carbonyl (C=O) groups is 2. The summed E-state index contributed by atoms with van der Waals surface area (Å²) in [7, 11) is 0. The standard InChI is InChI=1S/C19H21N3O3S/c1-5-8-22-14-9-13(6-7-15(14)25-10-16(22)23)17-12(4)26-19(20-17)21-18(24)11(2)3/h5-7,9,11H,1,8,10H2,2-4H3,(H,20,21,24). The Morgan fingerprint density at radius 1 is 1.50 bits per heavy atom. The van der Waals surface area contributed by atoms with Crippen LogP contribution in [0.3, 0.4) is 0 Å². The second kappa shape index (κ2) is 7.29. The van der Waals surface area contributed by atoms with Gasteiger partial charge in [0.25, 0.3) is 5.91 Å². The molecule has 1 aliphatic rings. The molecule has 6 nitrogen and oxygen atoms in total. The van der Waals surface area contributed by atoms with Crippen molar-refractivity contribution in [2.75, 3.05) is 23.4 Å². The van der Waals surface area contributed by atoms with Crippen LogP contribution in [0.15, 0.2) is 30.9 Å². The van der Waals surface area contributed by atoms with Crippen molar-refractivity contribution in [1.82, 2.24) is 4.98 Å². The van der Waals surface area contributed by atoms with Crippen LogP contribution in [0.2, 0.25) is 0 Å². The number of carbonyl (C=O) groups excluding carboxylic acids is 2. The number of aromatic nitrogens is 1. The summed E-state index contributed by atoms with van der Waals surface area (Å²) in [6.45, 7) is 9.80. The summed E-state index contributed by atoms with van der Waals surface area (Å²) < 4.78 is 5.52. The lowest BCUT2D eigenvalue weighted by Gasteiger charge is -2.28. The molecule has 1 aliphatic heterocycles. The van der Waals surface area contributed by atoms with Crippen molar-refractivity contribution in [2.24, 2.45) is 5.92 Å². The van der Waals surface area contributed by atoms with Crippen molar-refractivity contribution in [3.63, 3.8) is 0 Å². The molecule has 7 heteroatoms. The Kier molecular flexibility index (Phi) is 5.08. The Morgan fingerprint density at radius 2 is 2.27 bits per heavy atom. The summed E-state index contributed by atoms with van der Waals surface area (Å²) in [5.41, 5.74) is 2.36. The Balaban J connectivity index is 1.96. The van der Waals surface area contributed by atoms with Crippen molar-refractivity contribution < 1.29 is 14.3 Å². The summed E-state index contributed by atoms with van der Waals surface area (Å²) >= 11 is 1.43. The normalized spacial score (nSPS) is 13.4. The lowest BCUT2D eigenvalue weighted by molar-refractivity contribution is -0.121. The first-order valence-corrected chi connectivity index (χ1v) is 9.19. The third-order valence-electron chi connectivity index (χ3n) is 4.04. The monoisotopic (exact) mass is 371 g/mol. The molecule has 3 rings (SSSR count). The summed E-state index contributed by atoms with van der Waals surface area (Å²) in [5, 5.41) is 3.41. The van der Waals surface area contributed by atoms with Crippen LogP contribution in [0.4, 0.5) is 10.8 Å². The molecular weight excluding hydrogens is 350 g/mol. The highest BCUT2D eigenvalue weighted by molar-refractivity contribution is 7.16. The highest BCUT2D eigenvalue weighted by atomic mass is 32.1. The molecule has 1 aromatic heterocycles. The Morgan fingerprint density at radius 3 is 2.96 bits per heavy atom. The zero-order valence-corrected chi connectivity index (χ0v) is 15.9. The van der Waals surface area contributed by atoms with Crippen LogP contribution >= 0.6 is 11.3 Å². The number of amides is 2. The largest absolute Gasteiger partial charge is 0.482 e. The van der Waals surface area contributed by atoms with E-state index in [1.165, 1.54) is 11.3 Å². The molecule has 0 unspecified atom stereocenters. The van der Waals surface area contributed by atoms with Crippen molar-refractivity contribution in [3.05, 3.63) is 35.7 Å². The van der Waals surface area contributed by atoms with Crippen molar-refractivity contribution in [1.29, 1.82) is 0 Å². The van der Waals surface area contributed by atoms with E-state index in [2.05, 4.69) is 16.9 Å². The molecule has 0 radical (unpaired) electrons. The van der Waals surface area contributed by atoms with Gasteiger partial charge in [-0.05, 0) is 25.1 Å². The van der Waals surface area contributed by atoms with E-state index in [0.717, 1.165) is 16.1 Å². The first-order valence-electron chi connectivity index (χ1n) is 8.37. The fraction of sp³-hybridized carbons (Fsp3) is 0.316. The molecule has 2 heterocycles. The van der Waals surface area contributed by atoms with E-state index in [-0.39, 0.29) is 24.3 Å². The average molecular weight is 371 g/mol. The summed E-state index contributed by atoms with van der Waals surface area (Å²) in [6.07, 6.45) is 1.69. The first-order chi connectivity index (χ1) is 12.4. The number of thiazole rings is 1. The van der Waals surface area contributed by atoms with Gasteiger partial charge in [-0.1, -0.05) is 19.9 Å². The lowest BCUT2D eigenvalue weighted by atomic mass is 10.1. The SMILES string of the molecule is C=CCN1C(=O)COc2ccc(-c3nc(NC(=O)C(C)C)sc3C)cc21. The third-order valence-corrected chi connectivity index (χ3v) is 4.92. The second-order valence-corrected chi connectivity index (χ2v) is 7.54. The van der Waals surface area contributed by atoms with Gasteiger partial charge in [-0.3, -0.25) is 9.59 Å². The highest BCUT2D eigenvalue weighted by Gasteiger charge is 2.25. The predicted molar refractivity (Wildman–Crippen MR) is 104 cm³/mol. The van der Waals surface area contributed by atoms with Crippen molar-refractivity contribution >= 4 is 34.0 Å². The van der Waals surface area contributed by atoms with Crippen molar-refractivity contribution in [2.45, 2.75) is 20.8 Å². The number of fused-ring (bicyclic) bond motifs is 1. The van der Waals surface area contributed by atoms with Gasteiger partial charge in [0.2, 0.25) is 5.91 Å². The summed E-state index contributed by atoms with van der Waals surface area (Å²) in [5.74, 6) is 0.389. The Bertz CT molecular complexity index is 873. The predicted octanol–water partition coefficient (Wildman–Crippen LogP) is 3.62. The Hall–Kier alpha value is -2.67. The summed E-state index contributed by atoms with van der Waals surface area (Å²) in [4.78, 5) is 31.2. The van der Waals surface area contributed by atoms with Gasteiger partial charge in [0.1, 0.15) is 5.75 Å². The van der Waals surface area contributed by atoms with E-state index in [1.54, 1.807) is 11.0 Å². The van der Waals surface area contributed by atoms with E-state index in [9.17, 15) is 9.59 Å². The number of anilines is 2. The lowest BCUT2D eigenvalue weighted by Crippen LogP contribution is -2.38. The van der Waals surface area contributed by atoms with Crippen LogP contribution in [0.5, 0.6) is 5.75 Å². The minimum Gasteiger partial charge on any atom is -0.482 e. The van der Waals surface area contributed by atoms with E-state index in [0.29, 0.717) is 23.1 Å². The summed E-state index contributed by atoms with van der Waals surface area (Å²) in [6, 6.07) is 5.65. The van der Waals surface area contributed by atoms with Crippen molar-refractivity contribution in [3.8, 4) is 17.0 Å². The molecule has 0 fully saturated rings. The number of aryl methyl sites for hydroxylation is 1. The van der Waals surface area contributed by atoms with Gasteiger partial charge >= 0.3 is 0 Å². The molecular formula is C19H21N3O3S. The van der Waals surface area contributed by atoms with Crippen LogP contribution in [0.1, 0.15) is 18.7 Å². The number of nitrogens with zero attached hydrogens (tertiary/aromatic N) is 2. The van der Waals surface area contributed by atoms with Crippen LogP contribution in [-0.4, -0.2) is 29.9 Å². The second-order valence-electron chi connectivity index (χ2n) is 6.33. The van der Waals surface area contributed by atoms with Gasteiger partial charge in [-0.25, -0.2) is 4.98 Å². The fourth-order valence-corrected chi connectivity index (χ4v) is 3.48. The molecule has 2 aromatic rings. The number of nitrogens with one attached hydrogen (secondary N) is 1. The maximum Gasteiger partial charge on any atom is 0.265 e. The minimum atomic E-state index is -0.109. The fourth-order valence-electron chi connectivity index (χ4n) is 2.65. The maximum absolute atomic E-state index is 12.1. The quantitative estimate of drug-likeness (QED) is 0.815. The van der Waals surface area contributed by atoms with Gasteiger partial charge < -0.3 is 15.0 Å². The van der Waals surface area contributed by atoms with Gasteiger partial charge in [0.05, 0.1) is 11.4 Å². The average Bonchev–Trinajstić information content (AvgIpc) is 2.97. The van der Waals surface area contributed by atoms with Gasteiger partial charge in [-0.15, -0.1) is 17.9 Å². The van der Waals surface area contributed by atoms with Gasteiger partial charge in [0, 0.05) is 22.9 Å². The molecule has 1 aromatic carbocycles. The molecule has 136 valence electrons. The third kappa shape index (κ3) is 3.48. The smallest absolute Gasteiger partial charge is 0.265 e. The highest BCUT2D eigenvalue weighted by Crippen LogP contribution is 2.38. The molecule has 0 saturated carbocycles. The number of ether oxygens (including phenoxy) is 1. The number of hydrogen-bond donors (Lipinski definition) is 1. The van der Waals surface area contributed by atoms with E-state index < -0.39 is 0 Å². The van der Waals surface area contributed by atoms with Crippen LogP contribution in [0, 0.1) is 12.8 Å².